The molecule has 0 unspecified atom stereocenters. The largest absolute Gasteiger partial charge is 2.00 e. The molecule has 0 saturated carbocycles. The first kappa shape index (κ1) is 18.3. The molecule has 0 radical (unpaired) electrons. The van der Waals surface area contributed by atoms with Crippen molar-refractivity contribution in [2.45, 2.75) is 47.1 Å². The molecule has 0 N–H and O–H groups in total. The first-order valence-electron chi connectivity index (χ1n) is 5.49. The number of hydrogen-bond donors (Lipinski definition) is 0. The van der Waals surface area contributed by atoms with Gasteiger partial charge in [0, 0.05) is 5.54 Å². The van der Waals surface area contributed by atoms with Gasteiger partial charge in [-0.1, -0.05) is 0 Å². The molecule has 1 fully saturated rings. The first-order valence-corrected chi connectivity index (χ1v) is 5.49. The van der Waals surface area contributed by atoms with Crippen molar-refractivity contribution in [3.63, 3.8) is 0 Å². The zero-order chi connectivity index (χ0) is 11.2. The minimum absolute atomic E-state index is 0. The normalized spacial score (nSPS) is 17.8. The molecule has 0 aliphatic carbocycles. The first-order chi connectivity index (χ1) is 6.34. The Morgan fingerprint density at radius 2 is 1.33 bits per heavy atom. The minimum atomic E-state index is 0. The van der Waals surface area contributed by atoms with Crippen molar-refractivity contribution >= 4 is 0 Å². The van der Waals surface area contributed by atoms with Crippen LogP contribution in [0.25, 0.3) is 5.32 Å². The summed E-state index contributed by atoms with van der Waals surface area (Å²) in [6.45, 7) is 17.4. The van der Waals surface area contributed by atoms with Crippen molar-refractivity contribution in [1.82, 2.24) is 4.90 Å². The molecule has 0 bridgehead atoms. The zero-order valence-corrected chi connectivity index (χ0v) is 15.4. The number of hydrogen-bond acceptors (Lipinski definition) is 1. The molecule has 3 heteroatoms. The van der Waals surface area contributed by atoms with Gasteiger partial charge in [-0.2, -0.15) is 20.8 Å². The van der Waals surface area contributed by atoms with Crippen LogP contribution >= 0.6 is 0 Å². The summed E-state index contributed by atoms with van der Waals surface area (Å²) in [5, 5.41) is 4.30. The van der Waals surface area contributed by atoms with E-state index in [2.05, 4.69) is 51.8 Å². The van der Waals surface area contributed by atoms with Crippen molar-refractivity contribution in [3.05, 3.63) is 11.2 Å². The van der Waals surface area contributed by atoms with E-state index in [1.165, 1.54) is 5.92 Å². The molecule has 0 atom stereocenters. The van der Waals surface area contributed by atoms with Crippen LogP contribution in [0, 0.1) is 37.0 Å². The van der Waals surface area contributed by atoms with E-state index < -0.39 is 0 Å². The molecule has 0 aromatic heterocycles. The van der Waals surface area contributed by atoms with Crippen molar-refractivity contribution in [2.75, 3.05) is 26.2 Å². The SMILES string of the molecule is CC(C)(C)N1CC[N-]CC1.C[C-](C)C.[U+2]. The summed E-state index contributed by atoms with van der Waals surface area (Å²) >= 11 is 0. The van der Waals surface area contributed by atoms with Crippen LogP contribution in [0.15, 0.2) is 0 Å². The third kappa shape index (κ3) is 11.2. The van der Waals surface area contributed by atoms with Gasteiger partial charge in [-0.05, 0) is 33.9 Å². The second-order valence-corrected chi connectivity index (χ2v) is 5.33. The molecule has 15 heavy (non-hydrogen) atoms. The van der Waals surface area contributed by atoms with Crippen LogP contribution in [0.3, 0.4) is 0 Å². The summed E-state index contributed by atoms with van der Waals surface area (Å²) in [5.41, 5.74) is 0.343. The smallest absolute Gasteiger partial charge is 0.660 e. The molecule has 0 spiro atoms. The summed E-state index contributed by atoms with van der Waals surface area (Å²) in [7, 11) is 0. The summed E-state index contributed by atoms with van der Waals surface area (Å²) in [5.74, 6) is 1.42. The third-order valence-corrected chi connectivity index (χ3v) is 2.00. The van der Waals surface area contributed by atoms with E-state index in [1.807, 2.05) is 0 Å². The predicted octanol–water partition coefficient (Wildman–Crippen LogP) is 3.09. The topological polar surface area (TPSA) is 17.3 Å². The van der Waals surface area contributed by atoms with Gasteiger partial charge in [0.1, 0.15) is 0 Å². The van der Waals surface area contributed by atoms with Crippen LogP contribution in [-0.4, -0.2) is 36.6 Å². The molecular weight excluding hydrogens is 410 g/mol. The molecule has 1 heterocycles. The fraction of sp³-hybridized carbons (Fsp3) is 0.917. The molecule has 88 valence electrons. The third-order valence-electron chi connectivity index (χ3n) is 2.00. The van der Waals surface area contributed by atoms with Gasteiger partial charge in [-0.15, -0.1) is 13.1 Å². The Balaban J connectivity index is 0. The molecule has 1 aliphatic heterocycles. The summed E-state index contributed by atoms with van der Waals surface area (Å²) in [6.07, 6.45) is 0. The van der Waals surface area contributed by atoms with Gasteiger partial charge in [-0.25, -0.2) is 0 Å². The Bertz CT molecular complexity index is 132. The van der Waals surface area contributed by atoms with Gasteiger partial charge in [0.25, 0.3) is 0 Å². The molecule has 2 nitrogen and oxygen atoms in total. The van der Waals surface area contributed by atoms with Crippen LogP contribution in [0.1, 0.15) is 41.5 Å². The van der Waals surface area contributed by atoms with E-state index in [0.717, 1.165) is 26.2 Å². The van der Waals surface area contributed by atoms with Crippen molar-refractivity contribution < 1.29 is 31.1 Å². The molecular formula is C12H26N2U. The second kappa shape index (κ2) is 9.05. The van der Waals surface area contributed by atoms with Gasteiger partial charge < -0.3 is 16.1 Å². The average Bonchev–Trinajstić information content (AvgIpc) is 2.03. The molecule has 1 aliphatic rings. The Morgan fingerprint density at radius 3 is 1.53 bits per heavy atom. The standard InChI is InChI=1S/C8H17N2.C4H9.U/c1-8(2,3)10-6-4-9-5-7-10;1-4(2)3;/h4-7H2,1-3H3;1-3H3;/q2*-1;+2. The van der Waals surface area contributed by atoms with Crippen molar-refractivity contribution in [1.29, 1.82) is 0 Å². The van der Waals surface area contributed by atoms with E-state index >= 15 is 0 Å². The molecule has 1 saturated heterocycles. The number of nitrogens with zero attached hydrogens (tertiary/aromatic N) is 2. The maximum Gasteiger partial charge on any atom is 2.00 e. The van der Waals surface area contributed by atoms with Crippen LogP contribution in [0.5, 0.6) is 0 Å². The maximum absolute atomic E-state index is 4.30. The Kier molecular flexibility index (Phi) is 11.1. The van der Waals surface area contributed by atoms with E-state index in [-0.39, 0.29) is 31.1 Å². The van der Waals surface area contributed by atoms with Gasteiger partial charge in [0.05, 0.1) is 0 Å². The maximum atomic E-state index is 4.30. The van der Waals surface area contributed by atoms with Gasteiger partial charge >= 0.3 is 31.1 Å². The van der Waals surface area contributed by atoms with Gasteiger partial charge in [0.15, 0.2) is 0 Å². The summed E-state index contributed by atoms with van der Waals surface area (Å²) in [4.78, 5) is 2.49. The monoisotopic (exact) mass is 436 g/mol. The fourth-order valence-corrected chi connectivity index (χ4v) is 1.28. The van der Waals surface area contributed by atoms with Gasteiger partial charge in [0.2, 0.25) is 0 Å². The average molecular weight is 436 g/mol. The number of rotatable bonds is 0. The van der Waals surface area contributed by atoms with Crippen molar-refractivity contribution in [3.8, 4) is 0 Å². The van der Waals surface area contributed by atoms with Gasteiger partial charge in [-0.3, -0.25) is 0 Å². The minimum Gasteiger partial charge on any atom is -0.660 e. The Hall–Kier alpha value is 0.972. The van der Waals surface area contributed by atoms with E-state index in [4.69, 9.17) is 0 Å². The molecule has 1 rings (SSSR count). The Morgan fingerprint density at radius 1 is 1.00 bits per heavy atom. The van der Waals surface area contributed by atoms with Crippen LogP contribution in [0.4, 0.5) is 0 Å². The fourth-order valence-electron chi connectivity index (χ4n) is 1.28. The van der Waals surface area contributed by atoms with E-state index in [1.54, 1.807) is 0 Å². The Labute approximate surface area is 120 Å². The zero-order valence-electron chi connectivity index (χ0n) is 11.2. The molecule has 0 aromatic rings. The van der Waals surface area contributed by atoms with Crippen LogP contribution in [0.2, 0.25) is 0 Å². The van der Waals surface area contributed by atoms with Crippen LogP contribution in [-0.2, 0) is 0 Å². The molecule has 0 aromatic carbocycles. The summed E-state index contributed by atoms with van der Waals surface area (Å²) in [6, 6.07) is 0. The number of piperazine rings is 1. The van der Waals surface area contributed by atoms with Crippen LogP contribution < -0.4 is 0 Å². The van der Waals surface area contributed by atoms with Crippen molar-refractivity contribution in [2.24, 2.45) is 0 Å². The predicted molar refractivity (Wildman–Crippen MR) is 64.7 cm³/mol. The molecule has 0 amide bonds. The van der Waals surface area contributed by atoms with E-state index in [0.29, 0.717) is 5.54 Å². The summed E-state index contributed by atoms with van der Waals surface area (Å²) < 4.78 is 0. The second-order valence-electron chi connectivity index (χ2n) is 5.33. The van der Waals surface area contributed by atoms with E-state index in [9.17, 15) is 0 Å². The quantitative estimate of drug-likeness (QED) is 0.534.